The molecule has 0 unspecified atom stereocenters. The largest absolute Gasteiger partial charge is 0.379 e. The molecule has 0 aliphatic rings. The van der Waals surface area contributed by atoms with E-state index in [-0.39, 0.29) is 16.6 Å². The molecule has 0 radical (unpaired) electrons. The SMILES string of the molecule is CN(C)CCN(Cc1ccc(OS(=O)(=O)c2ccc(F)cc2)cc1)C(=O)Cc1ccccc1. The number of benzene rings is 3. The van der Waals surface area contributed by atoms with Gasteiger partial charge in [0.05, 0.1) is 6.42 Å². The third-order valence-electron chi connectivity index (χ3n) is 4.97. The Kier molecular flexibility index (Phi) is 8.19. The molecule has 0 saturated heterocycles. The van der Waals surface area contributed by atoms with Crippen molar-refractivity contribution in [3.05, 3.63) is 95.8 Å². The summed E-state index contributed by atoms with van der Waals surface area (Å²) in [7, 11) is -0.165. The van der Waals surface area contributed by atoms with Crippen LogP contribution in [-0.4, -0.2) is 51.3 Å². The van der Waals surface area contributed by atoms with Crippen molar-refractivity contribution in [1.82, 2.24) is 9.80 Å². The first-order valence-electron chi connectivity index (χ1n) is 10.5. The van der Waals surface area contributed by atoms with Gasteiger partial charge in [0.25, 0.3) is 0 Å². The van der Waals surface area contributed by atoms with Gasteiger partial charge in [0.15, 0.2) is 0 Å². The number of rotatable bonds is 10. The molecule has 0 fully saturated rings. The number of hydrogen-bond acceptors (Lipinski definition) is 5. The van der Waals surface area contributed by atoms with E-state index < -0.39 is 15.9 Å². The minimum Gasteiger partial charge on any atom is -0.379 e. The molecule has 174 valence electrons. The lowest BCUT2D eigenvalue weighted by Gasteiger charge is -2.25. The standard InChI is InChI=1S/C25H27FN2O4S/c1-27(2)16-17-28(25(29)18-20-6-4-3-5-7-20)19-21-8-12-23(13-9-21)32-33(30,31)24-14-10-22(26)11-15-24/h3-15H,16-19H2,1-2H3. The Hall–Kier alpha value is -3.23. The van der Waals surface area contributed by atoms with Crippen LogP contribution < -0.4 is 4.18 Å². The zero-order valence-corrected chi connectivity index (χ0v) is 19.5. The molecule has 33 heavy (non-hydrogen) atoms. The Morgan fingerprint density at radius 2 is 1.48 bits per heavy atom. The molecule has 1 amide bonds. The highest BCUT2D eigenvalue weighted by atomic mass is 32.2. The van der Waals surface area contributed by atoms with Gasteiger partial charge in [0, 0.05) is 19.6 Å². The van der Waals surface area contributed by atoms with Gasteiger partial charge in [0.1, 0.15) is 16.5 Å². The molecule has 0 bridgehead atoms. The third-order valence-corrected chi connectivity index (χ3v) is 6.23. The Morgan fingerprint density at radius 3 is 2.09 bits per heavy atom. The van der Waals surface area contributed by atoms with Crippen LogP contribution in [0.4, 0.5) is 4.39 Å². The van der Waals surface area contributed by atoms with Crippen molar-refractivity contribution in [2.75, 3.05) is 27.2 Å². The van der Waals surface area contributed by atoms with Gasteiger partial charge in [0.2, 0.25) is 5.91 Å². The van der Waals surface area contributed by atoms with Crippen molar-refractivity contribution < 1.29 is 21.8 Å². The monoisotopic (exact) mass is 470 g/mol. The Bertz CT molecular complexity index is 1150. The normalized spacial score (nSPS) is 11.4. The van der Waals surface area contributed by atoms with Crippen LogP contribution in [0.15, 0.2) is 83.8 Å². The Morgan fingerprint density at radius 1 is 0.848 bits per heavy atom. The molecule has 0 atom stereocenters. The zero-order valence-electron chi connectivity index (χ0n) is 18.6. The second-order valence-electron chi connectivity index (χ2n) is 7.92. The second kappa shape index (κ2) is 11.1. The van der Waals surface area contributed by atoms with E-state index in [1.54, 1.807) is 29.2 Å². The molecule has 3 aromatic carbocycles. The van der Waals surface area contributed by atoms with Gasteiger partial charge in [-0.05, 0) is 61.6 Å². The van der Waals surface area contributed by atoms with Gasteiger partial charge < -0.3 is 14.0 Å². The summed E-state index contributed by atoms with van der Waals surface area (Å²) in [6, 6.07) is 20.6. The molecule has 0 heterocycles. The van der Waals surface area contributed by atoms with Crippen molar-refractivity contribution in [1.29, 1.82) is 0 Å². The lowest BCUT2D eigenvalue weighted by Crippen LogP contribution is -2.37. The average molecular weight is 471 g/mol. The van der Waals surface area contributed by atoms with E-state index in [4.69, 9.17) is 4.18 Å². The lowest BCUT2D eigenvalue weighted by atomic mass is 10.1. The van der Waals surface area contributed by atoms with Gasteiger partial charge in [-0.2, -0.15) is 8.42 Å². The minimum atomic E-state index is -4.07. The van der Waals surface area contributed by atoms with Gasteiger partial charge >= 0.3 is 10.1 Å². The highest BCUT2D eigenvalue weighted by Gasteiger charge is 2.18. The summed E-state index contributed by atoms with van der Waals surface area (Å²) in [5, 5.41) is 0. The fourth-order valence-electron chi connectivity index (χ4n) is 3.14. The van der Waals surface area contributed by atoms with E-state index in [0.717, 1.165) is 41.9 Å². The van der Waals surface area contributed by atoms with Gasteiger partial charge in [-0.15, -0.1) is 0 Å². The lowest BCUT2D eigenvalue weighted by molar-refractivity contribution is -0.131. The quantitative estimate of drug-likeness (QED) is 0.423. The number of likely N-dealkylation sites (N-methyl/N-ethyl adjacent to an activating group) is 1. The molecule has 0 aliphatic heterocycles. The van der Waals surface area contributed by atoms with E-state index in [2.05, 4.69) is 0 Å². The molecule has 0 N–H and O–H groups in total. The zero-order chi connectivity index (χ0) is 23.8. The minimum absolute atomic E-state index is 0.0160. The van der Waals surface area contributed by atoms with Gasteiger partial charge in [-0.3, -0.25) is 4.79 Å². The molecule has 8 heteroatoms. The summed E-state index contributed by atoms with van der Waals surface area (Å²) in [5.74, 6) is -0.375. The number of halogens is 1. The maximum atomic E-state index is 13.1. The predicted octanol–water partition coefficient (Wildman–Crippen LogP) is 3.73. The number of nitrogens with zero attached hydrogens (tertiary/aromatic N) is 2. The summed E-state index contributed by atoms with van der Waals surface area (Å²) in [6.45, 7) is 1.68. The first-order chi connectivity index (χ1) is 15.7. The van der Waals surface area contributed by atoms with Crippen molar-refractivity contribution in [3.63, 3.8) is 0 Å². The van der Waals surface area contributed by atoms with Crippen LogP contribution >= 0.6 is 0 Å². The third kappa shape index (κ3) is 7.40. The highest BCUT2D eigenvalue weighted by Crippen LogP contribution is 2.20. The van der Waals surface area contributed by atoms with Crippen LogP contribution in [0.25, 0.3) is 0 Å². The van der Waals surface area contributed by atoms with E-state index in [1.165, 1.54) is 0 Å². The molecule has 3 aromatic rings. The Labute approximate surface area is 194 Å². The molecular formula is C25H27FN2O4S. The molecule has 0 saturated carbocycles. The highest BCUT2D eigenvalue weighted by molar-refractivity contribution is 7.87. The van der Waals surface area contributed by atoms with E-state index in [1.807, 2.05) is 49.3 Å². The average Bonchev–Trinajstić information content (AvgIpc) is 2.78. The van der Waals surface area contributed by atoms with Crippen molar-refractivity contribution in [3.8, 4) is 5.75 Å². The fourth-order valence-corrected chi connectivity index (χ4v) is 4.07. The summed E-state index contributed by atoms with van der Waals surface area (Å²) in [4.78, 5) is 16.6. The van der Waals surface area contributed by atoms with Crippen LogP contribution in [0.5, 0.6) is 5.75 Å². The molecule has 3 rings (SSSR count). The number of carbonyl (C=O) groups excluding carboxylic acids is 1. The fraction of sp³-hybridized carbons (Fsp3) is 0.240. The summed E-state index contributed by atoms with van der Waals surface area (Å²) in [6.07, 6.45) is 0.311. The van der Waals surface area contributed by atoms with Crippen LogP contribution in [0, 0.1) is 5.82 Å². The van der Waals surface area contributed by atoms with Crippen LogP contribution in [0.3, 0.4) is 0 Å². The van der Waals surface area contributed by atoms with E-state index in [0.29, 0.717) is 19.5 Å². The topological polar surface area (TPSA) is 66.9 Å². The van der Waals surface area contributed by atoms with Gasteiger partial charge in [-0.1, -0.05) is 42.5 Å². The van der Waals surface area contributed by atoms with Crippen LogP contribution in [0.2, 0.25) is 0 Å². The number of carbonyl (C=O) groups is 1. The maximum absolute atomic E-state index is 13.1. The molecule has 0 aliphatic carbocycles. The maximum Gasteiger partial charge on any atom is 0.339 e. The van der Waals surface area contributed by atoms with Crippen molar-refractivity contribution in [2.24, 2.45) is 0 Å². The first-order valence-corrected chi connectivity index (χ1v) is 11.9. The van der Waals surface area contributed by atoms with Crippen LogP contribution in [0.1, 0.15) is 11.1 Å². The predicted molar refractivity (Wildman–Crippen MR) is 125 cm³/mol. The summed E-state index contributed by atoms with van der Waals surface area (Å²) in [5.41, 5.74) is 1.80. The second-order valence-corrected chi connectivity index (χ2v) is 9.46. The first kappa shape index (κ1) is 24.4. The molecule has 0 aromatic heterocycles. The number of amides is 1. The molecule has 6 nitrogen and oxygen atoms in total. The van der Waals surface area contributed by atoms with Crippen molar-refractivity contribution >= 4 is 16.0 Å². The number of hydrogen-bond donors (Lipinski definition) is 0. The van der Waals surface area contributed by atoms with Gasteiger partial charge in [-0.25, -0.2) is 4.39 Å². The Balaban J connectivity index is 1.68. The summed E-state index contributed by atoms with van der Waals surface area (Å²) >= 11 is 0. The van der Waals surface area contributed by atoms with E-state index in [9.17, 15) is 17.6 Å². The summed E-state index contributed by atoms with van der Waals surface area (Å²) < 4.78 is 43.0. The van der Waals surface area contributed by atoms with Crippen LogP contribution in [-0.2, 0) is 27.9 Å². The molecular weight excluding hydrogens is 443 g/mol. The van der Waals surface area contributed by atoms with Crippen molar-refractivity contribution in [2.45, 2.75) is 17.9 Å². The van der Waals surface area contributed by atoms with E-state index >= 15 is 0 Å². The smallest absolute Gasteiger partial charge is 0.339 e. The molecule has 0 spiro atoms.